The van der Waals surface area contributed by atoms with Crippen molar-refractivity contribution < 1.29 is 9.47 Å². The van der Waals surface area contributed by atoms with Gasteiger partial charge in [-0.05, 0) is 20.0 Å². The maximum atomic E-state index is 5.54. The van der Waals surface area contributed by atoms with Gasteiger partial charge >= 0.3 is 12.0 Å². The van der Waals surface area contributed by atoms with Crippen LogP contribution in [0.15, 0.2) is 0 Å². The average molecular weight is 255 g/mol. The Morgan fingerprint density at radius 1 is 1.00 bits per heavy atom. The van der Waals surface area contributed by atoms with E-state index in [1.165, 1.54) is 0 Å². The maximum absolute atomic E-state index is 5.54. The summed E-state index contributed by atoms with van der Waals surface area (Å²) in [5, 5.41) is 0. The summed E-state index contributed by atoms with van der Waals surface area (Å²) in [6.45, 7) is 9.85. The van der Waals surface area contributed by atoms with Crippen molar-refractivity contribution in [2.24, 2.45) is 0 Å². The van der Waals surface area contributed by atoms with E-state index in [0.29, 0.717) is 13.2 Å². The van der Waals surface area contributed by atoms with Crippen LogP contribution in [0.4, 0.5) is 5.95 Å². The van der Waals surface area contributed by atoms with Crippen LogP contribution in [0.2, 0.25) is 0 Å². The van der Waals surface area contributed by atoms with Crippen molar-refractivity contribution in [3.05, 3.63) is 0 Å². The number of nitrogens with zero attached hydrogens (tertiary/aromatic N) is 4. The normalized spacial score (nSPS) is 10.7. The van der Waals surface area contributed by atoms with E-state index in [-0.39, 0.29) is 18.0 Å². The summed E-state index contributed by atoms with van der Waals surface area (Å²) < 4.78 is 10.6. The summed E-state index contributed by atoms with van der Waals surface area (Å²) in [7, 11) is 0. The second kappa shape index (κ2) is 7.65. The standard InChI is InChI=1S/C11H21N5O2/c1-4-16(5-2)7-8-18-11-14-9(12)13-10(15-11)17-6-3/h4-8H2,1-3H3,(H2,12,13,14,15). The predicted molar refractivity (Wildman–Crippen MR) is 68.7 cm³/mol. The van der Waals surface area contributed by atoms with E-state index < -0.39 is 0 Å². The fourth-order valence-corrected chi connectivity index (χ4v) is 1.42. The third-order valence-corrected chi connectivity index (χ3v) is 2.42. The molecule has 0 aliphatic heterocycles. The number of hydrogen-bond donors (Lipinski definition) is 1. The van der Waals surface area contributed by atoms with Crippen LogP contribution in [-0.2, 0) is 0 Å². The lowest BCUT2D eigenvalue weighted by Gasteiger charge is -2.17. The molecule has 0 aliphatic carbocycles. The van der Waals surface area contributed by atoms with Crippen LogP contribution in [-0.4, -0.2) is 52.7 Å². The van der Waals surface area contributed by atoms with Crippen molar-refractivity contribution in [2.75, 3.05) is 38.6 Å². The molecule has 1 heterocycles. The minimum Gasteiger partial charge on any atom is -0.464 e. The van der Waals surface area contributed by atoms with Gasteiger partial charge in [-0.1, -0.05) is 13.8 Å². The van der Waals surface area contributed by atoms with Gasteiger partial charge < -0.3 is 20.1 Å². The lowest BCUT2D eigenvalue weighted by Crippen LogP contribution is -2.28. The number of aromatic nitrogens is 3. The second-order valence-corrected chi connectivity index (χ2v) is 3.57. The highest BCUT2D eigenvalue weighted by Crippen LogP contribution is 2.10. The van der Waals surface area contributed by atoms with Crippen molar-refractivity contribution >= 4 is 5.95 Å². The highest BCUT2D eigenvalue weighted by molar-refractivity contribution is 5.20. The minimum absolute atomic E-state index is 0.103. The summed E-state index contributed by atoms with van der Waals surface area (Å²) in [5.41, 5.74) is 5.54. The SMILES string of the molecule is CCOc1nc(N)nc(OCCN(CC)CC)n1. The number of ether oxygens (including phenoxy) is 2. The molecule has 1 rings (SSSR count). The molecule has 0 fully saturated rings. The molecular weight excluding hydrogens is 234 g/mol. The van der Waals surface area contributed by atoms with Crippen LogP contribution in [0.3, 0.4) is 0 Å². The van der Waals surface area contributed by atoms with Crippen molar-refractivity contribution in [3.8, 4) is 12.0 Å². The van der Waals surface area contributed by atoms with E-state index in [9.17, 15) is 0 Å². The van der Waals surface area contributed by atoms with Gasteiger partial charge in [-0.2, -0.15) is 9.97 Å². The van der Waals surface area contributed by atoms with Gasteiger partial charge in [0.05, 0.1) is 6.61 Å². The molecular formula is C11H21N5O2. The molecule has 0 aliphatic rings. The van der Waals surface area contributed by atoms with Crippen molar-refractivity contribution in [2.45, 2.75) is 20.8 Å². The molecule has 2 N–H and O–H groups in total. The van der Waals surface area contributed by atoms with Crippen molar-refractivity contribution in [3.63, 3.8) is 0 Å². The molecule has 0 spiro atoms. The smallest absolute Gasteiger partial charge is 0.324 e. The van der Waals surface area contributed by atoms with Gasteiger partial charge in [0.25, 0.3) is 0 Å². The van der Waals surface area contributed by atoms with Crippen LogP contribution in [0, 0.1) is 0 Å². The molecule has 1 aromatic rings. The number of anilines is 1. The molecule has 0 amide bonds. The van der Waals surface area contributed by atoms with Gasteiger partial charge in [0.1, 0.15) is 6.61 Å². The fraction of sp³-hybridized carbons (Fsp3) is 0.727. The molecule has 7 nitrogen and oxygen atoms in total. The van der Waals surface area contributed by atoms with Crippen molar-refractivity contribution in [1.29, 1.82) is 0 Å². The molecule has 1 aromatic heterocycles. The first-order valence-electron chi connectivity index (χ1n) is 6.19. The highest BCUT2D eigenvalue weighted by Gasteiger charge is 2.06. The first kappa shape index (κ1) is 14.4. The highest BCUT2D eigenvalue weighted by atomic mass is 16.5. The maximum Gasteiger partial charge on any atom is 0.324 e. The van der Waals surface area contributed by atoms with Crippen LogP contribution in [0.1, 0.15) is 20.8 Å². The molecule has 7 heteroatoms. The monoisotopic (exact) mass is 255 g/mol. The van der Waals surface area contributed by atoms with Gasteiger partial charge in [-0.15, -0.1) is 4.98 Å². The zero-order chi connectivity index (χ0) is 13.4. The Labute approximate surface area is 107 Å². The number of likely N-dealkylation sites (N-methyl/N-ethyl adjacent to an activating group) is 1. The van der Waals surface area contributed by atoms with Crippen LogP contribution in [0.25, 0.3) is 0 Å². The summed E-state index contributed by atoms with van der Waals surface area (Å²) in [6.07, 6.45) is 0. The fourth-order valence-electron chi connectivity index (χ4n) is 1.42. The van der Waals surface area contributed by atoms with Crippen molar-refractivity contribution in [1.82, 2.24) is 19.9 Å². The van der Waals surface area contributed by atoms with E-state index in [4.69, 9.17) is 15.2 Å². The Bertz CT molecular complexity index is 357. The van der Waals surface area contributed by atoms with Gasteiger partial charge in [0.15, 0.2) is 0 Å². The number of nitrogens with two attached hydrogens (primary N) is 1. The number of rotatable bonds is 8. The zero-order valence-electron chi connectivity index (χ0n) is 11.2. The lowest BCUT2D eigenvalue weighted by atomic mass is 10.5. The van der Waals surface area contributed by atoms with Gasteiger partial charge in [0.2, 0.25) is 5.95 Å². The van der Waals surface area contributed by atoms with E-state index >= 15 is 0 Å². The molecule has 0 bridgehead atoms. The van der Waals surface area contributed by atoms with E-state index in [0.717, 1.165) is 19.6 Å². The summed E-state index contributed by atoms with van der Waals surface area (Å²) in [6, 6.07) is 0.404. The molecule has 0 saturated heterocycles. The molecule has 0 unspecified atom stereocenters. The number of hydrogen-bond acceptors (Lipinski definition) is 7. The Kier molecular flexibility index (Phi) is 6.13. The molecule has 0 saturated carbocycles. The third-order valence-electron chi connectivity index (χ3n) is 2.42. The molecule has 0 atom stereocenters. The average Bonchev–Trinajstić information content (AvgIpc) is 2.34. The van der Waals surface area contributed by atoms with Crippen LogP contribution >= 0.6 is 0 Å². The summed E-state index contributed by atoms with van der Waals surface area (Å²) in [4.78, 5) is 14.0. The lowest BCUT2D eigenvalue weighted by molar-refractivity contribution is 0.208. The Morgan fingerprint density at radius 3 is 2.17 bits per heavy atom. The predicted octanol–water partition coefficient (Wildman–Crippen LogP) is 0.573. The third kappa shape index (κ3) is 4.70. The van der Waals surface area contributed by atoms with Crippen LogP contribution < -0.4 is 15.2 Å². The Hall–Kier alpha value is -1.63. The van der Waals surface area contributed by atoms with E-state index in [2.05, 4.69) is 33.7 Å². The van der Waals surface area contributed by atoms with Crippen LogP contribution in [0.5, 0.6) is 12.0 Å². The minimum atomic E-state index is 0.103. The first-order chi connectivity index (χ1) is 8.69. The summed E-state index contributed by atoms with van der Waals surface area (Å²) >= 11 is 0. The molecule has 0 radical (unpaired) electrons. The van der Waals surface area contributed by atoms with Gasteiger partial charge in [-0.3, -0.25) is 0 Å². The van der Waals surface area contributed by atoms with Gasteiger partial charge in [-0.25, -0.2) is 0 Å². The number of nitrogen functional groups attached to an aromatic ring is 1. The quantitative estimate of drug-likeness (QED) is 0.726. The first-order valence-corrected chi connectivity index (χ1v) is 6.19. The van der Waals surface area contributed by atoms with E-state index in [1.54, 1.807) is 0 Å². The topological polar surface area (TPSA) is 86.4 Å². The largest absolute Gasteiger partial charge is 0.464 e. The Morgan fingerprint density at radius 2 is 1.61 bits per heavy atom. The Balaban J connectivity index is 2.51. The van der Waals surface area contributed by atoms with E-state index in [1.807, 2.05) is 6.92 Å². The molecule has 18 heavy (non-hydrogen) atoms. The molecule has 102 valence electrons. The summed E-state index contributed by atoms with van der Waals surface area (Å²) in [5.74, 6) is 0.103. The molecule has 0 aromatic carbocycles. The second-order valence-electron chi connectivity index (χ2n) is 3.57. The zero-order valence-corrected chi connectivity index (χ0v) is 11.2. The van der Waals surface area contributed by atoms with Gasteiger partial charge in [0, 0.05) is 6.54 Å².